The summed E-state index contributed by atoms with van der Waals surface area (Å²) in [5.41, 5.74) is 4.84. The normalized spacial score (nSPS) is 10.7. The zero-order valence-corrected chi connectivity index (χ0v) is 9.75. The van der Waals surface area contributed by atoms with E-state index < -0.39 is 17.1 Å². The minimum Gasteiger partial charge on any atom is -0.396 e. The predicted molar refractivity (Wildman–Crippen MR) is 62.5 cm³/mol. The van der Waals surface area contributed by atoms with Crippen LogP contribution in [0.25, 0.3) is 0 Å². The minimum atomic E-state index is -0.651. The van der Waals surface area contributed by atoms with E-state index in [0.29, 0.717) is 0 Å². The van der Waals surface area contributed by atoms with E-state index >= 15 is 0 Å². The number of nitriles is 1. The first kappa shape index (κ1) is 13.0. The van der Waals surface area contributed by atoms with Crippen LogP contribution >= 0.6 is 0 Å². The van der Waals surface area contributed by atoms with Crippen LogP contribution in [0, 0.1) is 22.6 Å². The van der Waals surface area contributed by atoms with E-state index in [1.807, 2.05) is 0 Å². The Hall–Kier alpha value is -2.09. The molecule has 0 atom stereocenters. The third kappa shape index (κ3) is 3.45. The van der Waals surface area contributed by atoms with E-state index in [0.717, 1.165) is 6.07 Å². The number of rotatable bonds is 3. The van der Waals surface area contributed by atoms with Gasteiger partial charge in [0.2, 0.25) is 0 Å². The van der Waals surface area contributed by atoms with Crippen LogP contribution in [0.3, 0.4) is 0 Å². The molecule has 1 aromatic carbocycles. The van der Waals surface area contributed by atoms with Crippen molar-refractivity contribution < 1.29 is 9.18 Å². The molecule has 4 nitrogen and oxygen atoms in total. The topological polar surface area (TPSA) is 78.9 Å². The Kier molecular flexibility index (Phi) is 3.69. The molecule has 1 rings (SSSR count). The van der Waals surface area contributed by atoms with Gasteiger partial charge >= 0.3 is 0 Å². The molecule has 0 aliphatic heterocycles. The first-order valence-electron chi connectivity index (χ1n) is 5.10. The van der Waals surface area contributed by atoms with Crippen molar-refractivity contribution in [2.45, 2.75) is 13.8 Å². The Labute approximate surface area is 99.2 Å². The molecule has 0 aromatic heterocycles. The Morgan fingerprint density at radius 3 is 2.76 bits per heavy atom. The van der Waals surface area contributed by atoms with Crippen molar-refractivity contribution in [3.63, 3.8) is 0 Å². The van der Waals surface area contributed by atoms with Crippen molar-refractivity contribution in [3.8, 4) is 6.07 Å². The second-order valence-corrected chi connectivity index (χ2v) is 4.41. The summed E-state index contributed by atoms with van der Waals surface area (Å²) in [7, 11) is 0. The number of hydrogen-bond donors (Lipinski definition) is 2. The molecule has 0 bridgehead atoms. The molecule has 0 aliphatic rings. The third-order valence-electron chi connectivity index (χ3n) is 2.26. The summed E-state index contributed by atoms with van der Waals surface area (Å²) in [6, 6.07) is 5.90. The highest BCUT2D eigenvalue weighted by molar-refractivity contribution is 5.94. The maximum absolute atomic E-state index is 13.1. The number of hydrogen-bond acceptors (Lipinski definition) is 3. The number of nitrogens with zero attached hydrogens (tertiary/aromatic N) is 1. The highest BCUT2D eigenvalue weighted by Crippen LogP contribution is 2.13. The van der Waals surface area contributed by atoms with Crippen molar-refractivity contribution in [2.75, 3.05) is 12.3 Å². The Morgan fingerprint density at radius 2 is 2.24 bits per heavy atom. The lowest BCUT2D eigenvalue weighted by molar-refractivity contribution is 0.0943. The van der Waals surface area contributed by atoms with E-state index in [2.05, 4.69) is 11.4 Å². The number of nitrogen functional groups attached to an aromatic ring is 1. The molecular weight excluding hydrogens is 221 g/mol. The Morgan fingerprint density at radius 1 is 1.59 bits per heavy atom. The molecule has 5 heteroatoms. The van der Waals surface area contributed by atoms with Gasteiger partial charge in [0.25, 0.3) is 5.91 Å². The number of benzene rings is 1. The van der Waals surface area contributed by atoms with E-state index in [1.54, 1.807) is 13.8 Å². The van der Waals surface area contributed by atoms with Gasteiger partial charge in [-0.25, -0.2) is 4.39 Å². The molecule has 0 fully saturated rings. The van der Waals surface area contributed by atoms with Crippen LogP contribution in [0.1, 0.15) is 24.2 Å². The fourth-order valence-corrected chi connectivity index (χ4v) is 1.11. The Balaban J connectivity index is 2.72. The number of halogens is 1. The first-order chi connectivity index (χ1) is 7.85. The van der Waals surface area contributed by atoms with Gasteiger partial charge in [-0.2, -0.15) is 5.26 Å². The molecule has 0 saturated carbocycles. The van der Waals surface area contributed by atoms with Gasteiger partial charge in [0.05, 0.1) is 17.2 Å². The average molecular weight is 235 g/mol. The molecule has 1 aromatic rings. The predicted octanol–water partition coefficient (Wildman–Crippen LogP) is 1.69. The van der Waals surface area contributed by atoms with Gasteiger partial charge in [0.15, 0.2) is 0 Å². The number of carbonyl (C=O) groups excluding carboxylic acids is 1. The van der Waals surface area contributed by atoms with Gasteiger partial charge < -0.3 is 11.1 Å². The highest BCUT2D eigenvalue weighted by Gasteiger charge is 2.18. The molecular formula is C12H14FN3O. The SMILES string of the molecule is CC(C)(C#N)CNC(=O)c1ccc(N)c(F)c1. The minimum absolute atomic E-state index is 0.00101. The molecule has 0 unspecified atom stereocenters. The Bertz CT molecular complexity index is 477. The van der Waals surface area contributed by atoms with E-state index in [4.69, 9.17) is 11.0 Å². The fraction of sp³-hybridized carbons (Fsp3) is 0.333. The molecule has 17 heavy (non-hydrogen) atoms. The molecule has 90 valence electrons. The summed E-state index contributed by atoms with van der Waals surface area (Å²) >= 11 is 0. The van der Waals surface area contributed by atoms with E-state index in [-0.39, 0.29) is 17.8 Å². The van der Waals surface area contributed by atoms with Crippen LogP contribution < -0.4 is 11.1 Å². The maximum Gasteiger partial charge on any atom is 0.251 e. The summed E-state index contributed by atoms with van der Waals surface area (Å²) in [5, 5.41) is 11.3. The van der Waals surface area contributed by atoms with Gasteiger partial charge in [-0.1, -0.05) is 0 Å². The van der Waals surface area contributed by atoms with Crippen LogP contribution in [0.4, 0.5) is 10.1 Å². The molecule has 0 heterocycles. The zero-order chi connectivity index (χ0) is 13.1. The first-order valence-corrected chi connectivity index (χ1v) is 5.10. The van der Waals surface area contributed by atoms with Gasteiger partial charge in [-0.05, 0) is 32.0 Å². The molecule has 0 radical (unpaired) electrons. The third-order valence-corrected chi connectivity index (χ3v) is 2.26. The van der Waals surface area contributed by atoms with Crippen LogP contribution in [0.15, 0.2) is 18.2 Å². The second kappa shape index (κ2) is 4.83. The number of anilines is 1. The maximum atomic E-state index is 13.1. The number of carbonyl (C=O) groups is 1. The summed E-state index contributed by atoms with van der Waals surface area (Å²) in [6.07, 6.45) is 0. The lowest BCUT2D eigenvalue weighted by atomic mass is 9.96. The molecule has 0 saturated heterocycles. The smallest absolute Gasteiger partial charge is 0.251 e. The zero-order valence-electron chi connectivity index (χ0n) is 9.75. The van der Waals surface area contributed by atoms with Crippen LogP contribution in [0.2, 0.25) is 0 Å². The fourth-order valence-electron chi connectivity index (χ4n) is 1.11. The van der Waals surface area contributed by atoms with Crippen LogP contribution in [0.5, 0.6) is 0 Å². The van der Waals surface area contributed by atoms with Crippen molar-refractivity contribution in [3.05, 3.63) is 29.6 Å². The summed E-state index contributed by atoms with van der Waals surface area (Å²) in [6.45, 7) is 3.61. The van der Waals surface area contributed by atoms with Gasteiger partial charge in [0.1, 0.15) is 5.82 Å². The monoisotopic (exact) mass is 235 g/mol. The van der Waals surface area contributed by atoms with E-state index in [9.17, 15) is 9.18 Å². The van der Waals surface area contributed by atoms with Crippen LogP contribution in [-0.4, -0.2) is 12.5 Å². The lowest BCUT2D eigenvalue weighted by Gasteiger charge is -2.15. The van der Waals surface area contributed by atoms with Crippen molar-refractivity contribution >= 4 is 11.6 Å². The van der Waals surface area contributed by atoms with Crippen molar-refractivity contribution in [2.24, 2.45) is 5.41 Å². The standard InChI is InChI=1S/C12H14FN3O/c1-12(2,6-14)7-16-11(17)8-3-4-10(15)9(13)5-8/h3-5H,7,15H2,1-2H3,(H,16,17). The summed E-state index contributed by atoms with van der Waals surface area (Å²) in [4.78, 5) is 11.6. The van der Waals surface area contributed by atoms with E-state index in [1.165, 1.54) is 12.1 Å². The van der Waals surface area contributed by atoms with Crippen LogP contribution in [-0.2, 0) is 0 Å². The van der Waals surface area contributed by atoms with Crippen molar-refractivity contribution in [1.82, 2.24) is 5.32 Å². The molecule has 0 spiro atoms. The number of nitrogens with two attached hydrogens (primary N) is 1. The lowest BCUT2D eigenvalue weighted by Crippen LogP contribution is -2.33. The largest absolute Gasteiger partial charge is 0.396 e. The van der Waals surface area contributed by atoms with Crippen molar-refractivity contribution in [1.29, 1.82) is 5.26 Å². The second-order valence-electron chi connectivity index (χ2n) is 4.41. The quantitative estimate of drug-likeness (QED) is 0.782. The number of nitrogens with one attached hydrogen (secondary N) is 1. The molecule has 0 aliphatic carbocycles. The molecule has 1 amide bonds. The highest BCUT2D eigenvalue weighted by atomic mass is 19.1. The van der Waals surface area contributed by atoms with Gasteiger partial charge in [-0.3, -0.25) is 4.79 Å². The molecule has 3 N–H and O–H groups in total. The summed E-state index contributed by atoms with van der Waals surface area (Å²) < 4.78 is 13.1. The summed E-state index contributed by atoms with van der Waals surface area (Å²) in [5.74, 6) is -1.05. The average Bonchev–Trinajstić information content (AvgIpc) is 2.30. The van der Waals surface area contributed by atoms with Gasteiger partial charge in [0, 0.05) is 12.1 Å². The number of amides is 1. The van der Waals surface area contributed by atoms with Gasteiger partial charge in [-0.15, -0.1) is 0 Å².